The smallest absolute Gasteiger partial charge is 0.251 e. The number of hydroxylamine groups is 1. The largest absolute Gasteiger partial charge is 0.365 e. The molecule has 2 aromatic heterocycles. The number of carbonyl (C=O) groups excluding carboxylic acids is 2. The first-order valence-electron chi connectivity index (χ1n) is 13.7. The minimum Gasteiger partial charge on any atom is -0.365 e. The predicted molar refractivity (Wildman–Crippen MR) is 156 cm³/mol. The SMILES string of the molecule is Cn1c(-c2ccc(C(=O)NCCNCCCCCCC(=O)NO)cc2)cc2c(NCc3ccccc3)ncnc21. The van der Waals surface area contributed by atoms with Gasteiger partial charge in [0.05, 0.1) is 11.1 Å². The first-order valence-corrected chi connectivity index (χ1v) is 13.7. The summed E-state index contributed by atoms with van der Waals surface area (Å²) in [4.78, 5) is 32.5. The number of hydrogen-bond acceptors (Lipinski definition) is 7. The molecule has 2 aromatic carbocycles. The number of benzene rings is 2. The Bertz CT molecular complexity index is 1390. The van der Waals surface area contributed by atoms with E-state index in [4.69, 9.17) is 5.21 Å². The minimum absolute atomic E-state index is 0.106. The molecule has 0 atom stereocenters. The first-order chi connectivity index (χ1) is 19.6. The lowest BCUT2D eigenvalue weighted by Crippen LogP contribution is -2.32. The van der Waals surface area contributed by atoms with E-state index in [1.165, 1.54) is 5.56 Å². The number of hydrogen-bond donors (Lipinski definition) is 5. The van der Waals surface area contributed by atoms with E-state index >= 15 is 0 Å². The summed E-state index contributed by atoms with van der Waals surface area (Å²) >= 11 is 0. The number of rotatable bonds is 15. The molecule has 10 heteroatoms. The number of unbranched alkanes of at least 4 members (excludes halogenated alkanes) is 3. The second kappa shape index (κ2) is 14.8. The molecule has 0 spiro atoms. The second-order valence-electron chi connectivity index (χ2n) is 9.67. The normalized spacial score (nSPS) is 10.9. The maximum Gasteiger partial charge on any atom is 0.251 e. The van der Waals surface area contributed by atoms with Crippen molar-refractivity contribution in [3.05, 3.63) is 78.1 Å². The van der Waals surface area contributed by atoms with Crippen molar-refractivity contribution >= 4 is 28.7 Å². The number of carbonyl (C=O) groups is 2. The monoisotopic (exact) mass is 543 g/mol. The van der Waals surface area contributed by atoms with Gasteiger partial charge in [-0.2, -0.15) is 0 Å². The molecular formula is C30H37N7O3. The Morgan fingerprint density at radius 1 is 0.900 bits per heavy atom. The fourth-order valence-electron chi connectivity index (χ4n) is 4.56. The van der Waals surface area contributed by atoms with Crippen molar-refractivity contribution in [1.82, 2.24) is 30.6 Å². The highest BCUT2D eigenvalue weighted by molar-refractivity contribution is 5.95. The summed E-state index contributed by atoms with van der Waals surface area (Å²) in [5.41, 5.74) is 6.25. The van der Waals surface area contributed by atoms with E-state index in [0.717, 1.165) is 60.3 Å². The zero-order chi connectivity index (χ0) is 28.2. The lowest BCUT2D eigenvalue weighted by Gasteiger charge is -2.08. The van der Waals surface area contributed by atoms with Crippen LogP contribution in [-0.4, -0.2) is 51.2 Å². The highest BCUT2D eigenvalue weighted by Crippen LogP contribution is 2.29. The zero-order valence-corrected chi connectivity index (χ0v) is 22.8. The maximum absolute atomic E-state index is 12.6. The third-order valence-electron chi connectivity index (χ3n) is 6.79. The van der Waals surface area contributed by atoms with Crippen LogP contribution in [0.5, 0.6) is 0 Å². The molecule has 0 bridgehead atoms. The van der Waals surface area contributed by atoms with Crippen LogP contribution in [0.2, 0.25) is 0 Å². The Morgan fingerprint density at radius 2 is 1.68 bits per heavy atom. The molecule has 4 rings (SSSR count). The zero-order valence-electron chi connectivity index (χ0n) is 22.8. The Morgan fingerprint density at radius 3 is 2.45 bits per heavy atom. The number of nitrogens with zero attached hydrogens (tertiary/aromatic N) is 3. The molecule has 2 amide bonds. The second-order valence-corrected chi connectivity index (χ2v) is 9.67. The molecule has 5 N–H and O–H groups in total. The van der Waals surface area contributed by atoms with Gasteiger partial charge in [0, 0.05) is 38.7 Å². The van der Waals surface area contributed by atoms with Crippen LogP contribution in [0.3, 0.4) is 0 Å². The third-order valence-corrected chi connectivity index (χ3v) is 6.79. The van der Waals surface area contributed by atoms with Crippen molar-refractivity contribution in [2.24, 2.45) is 7.05 Å². The molecule has 0 unspecified atom stereocenters. The Balaban J connectivity index is 1.25. The standard InChI is InChI=1S/C30H37N7O3/c1-37-26(19-25-28(34-21-35-29(25)37)33-20-22-9-5-4-6-10-22)23-12-14-24(15-13-23)30(39)32-18-17-31-16-8-3-2-7-11-27(38)36-40/h4-6,9-10,12-15,19,21,31,40H,2-3,7-8,11,16-18,20H2,1H3,(H,32,39)(H,36,38)(H,33,34,35). The maximum atomic E-state index is 12.6. The number of fused-ring (bicyclic) bond motifs is 1. The van der Waals surface area contributed by atoms with Crippen molar-refractivity contribution < 1.29 is 14.8 Å². The molecule has 0 fully saturated rings. The van der Waals surface area contributed by atoms with Crippen LogP contribution in [0.15, 0.2) is 67.0 Å². The molecule has 0 aliphatic heterocycles. The quantitative estimate of drug-likeness (QED) is 0.0869. The van der Waals surface area contributed by atoms with Gasteiger partial charge in [-0.1, -0.05) is 55.3 Å². The average Bonchev–Trinajstić information content (AvgIpc) is 3.34. The van der Waals surface area contributed by atoms with Gasteiger partial charge < -0.3 is 20.5 Å². The highest BCUT2D eigenvalue weighted by atomic mass is 16.5. The lowest BCUT2D eigenvalue weighted by atomic mass is 10.1. The Kier molecular flexibility index (Phi) is 10.6. The average molecular weight is 544 g/mol. The van der Waals surface area contributed by atoms with Crippen molar-refractivity contribution in [2.75, 3.05) is 25.0 Å². The van der Waals surface area contributed by atoms with Gasteiger partial charge in [0.15, 0.2) is 0 Å². The summed E-state index contributed by atoms with van der Waals surface area (Å²) < 4.78 is 2.04. The van der Waals surface area contributed by atoms with Crippen molar-refractivity contribution in [2.45, 2.75) is 38.6 Å². The van der Waals surface area contributed by atoms with Gasteiger partial charge in [-0.3, -0.25) is 14.8 Å². The van der Waals surface area contributed by atoms with Gasteiger partial charge in [-0.15, -0.1) is 0 Å². The summed E-state index contributed by atoms with van der Waals surface area (Å²) in [6, 6.07) is 19.9. The summed E-state index contributed by atoms with van der Waals surface area (Å²) in [6.45, 7) is 2.76. The molecule has 4 aromatic rings. The molecule has 210 valence electrons. The molecule has 40 heavy (non-hydrogen) atoms. The number of aryl methyl sites for hydroxylation is 1. The molecule has 2 heterocycles. The third kappa shape index (κ3) is 7.87. The van der Waals surface area contributed by atoms with Crippen molar-refractivity contribution in [1.29, 1.82) is 0 Å². The van der Waals surface area contributed by atoms with Crippen LogP contribution in [0.4, 0.5) is 5.82 Å². The lowest BCUT2D eigenvalue weighted by molar-refractivity contribution is -0.129. The Hall–Kier alpha value is -4.28. The first kappa shape index (κ1) is 28.7. The Labute approximate surface area is 234 Å². The van der Waals surface area contributed by atoms with Gasteiger partial charge in [0.2, 0.25) is 5.91 Å². The van der Waals surface area contributed by atoms with Crippen LogP contribution in [0.25, 0.3) is 22.3 Å². The van der Waals surface area contributed by atoms with Gasteiger partial charge in [0.25, 0.3) is 5.91 Å². The fourth-order valence-corrected chi connectivity index (χ4v) is 4.56. The minimum atomic E-state index is -0.340. The molecule has 0 saturated carbocycles. The van der Waals surface area contributed by atoms with Crippen LogP contribution in [-0.2, 0) is 18.4 Å². The summed E-state index contributed by atoms with van der Waals surface area (Å²) in [7, 11) is 1.98. The highest BCUT2D eigenvalue weighted by Gasteiger charge is 2.14. The van der Waals surface area contributed by atoms with E-state index in [2.05, 4.69) is 44.1 Å². The number of nitrogens with one attached hydrogen (secondary N) is 4. The van der Waals surface area contributed by atoms with E-state index in [9.17, 15) is 9.59 Å². The molecule has 0 aliphatic carbocycles. The van der Waals surface area contributed by atoms with Crippen LogP contribution in [0.1, 0.15) is 48.0 Å². The summed E-state index contributed by atoms with van der Waals surface area (Å²) in [6.07, 6.45) is 5.65. The number of aromatic nitrogens is 3. The van der Waals surface area contributed by atoms with E-state index in [1.807, 2.05) is 54.1 Å². The van der Waals surface area contributed by atoms with E-state index in [-0.39, 0.29) is 11.8 Å². The predicted octanol–water partition coefficient (Wildman–Crippen LogP) is 4.02. The van der Waals surface area contributed by atoms with Gasteiger partial charge in [-0.25, -0.2) is 15.4 Å². The fraction of sp³-hybridized carbons (Fsp3) is 0.333. The van der Waals surface area contributed by atoms with Crippen molar-refractivity contribution in [3.63, 3.8) is 0 Å². The summed E-state index contributed by atoms with van der Waals surface area (Å²) in [5, 5.41) is 19.1. The van der Waals surface area contributed by atoms with Gasteiger partial charge in [-0.05, 0) is 48.7 Å². The van der Waals surface area contributed by atoms with Gasteiger partial charge >= 0.3 is 0 Å². The van der Waals surface area contributed by atoms with E-state index < -0.39 is 0 Å². The van der Waals surface area contributed by atoms with Gasteiger partial charge in [0.1, 0.15) is 17.8 Å². The van der Waals surface area contributed by atoms with E-state index in [0.29, 0.717) is 31.6 Å². The summed E-state index contributed by atoms with van der Waals surface area (Å²) in [5.74, 6) is 0.339. The molecule has 0 saturated heterocycles. The topological polar surface area (TPSA) is 133 Å². The van der Waals surface area contributed by atoms with E-state index in [1.54, 1.807) is 11.8 Å². The number of anilines is 1. The number of amides is 2. The molecular weight excluding hydrogens is 506 g/mol. The molecule has 0 aliphatic rings. The van der Waals surface area contributed by atoms with Crippen LogP contribution < -0.4 is 21.4 Å². The molecule has 0 radical (unpaired) electrons. The molecule has 10 nitrogen and oxygen atoms in total. The van der Waals surface area contributed by atoms with Crippen LogP contribution >= 0.6 is 0 Å². The van der Waals surface area contributed by atoms with Crippen LogP contribution in [0, 0.1) is 0 Å². The van der Waals surface area contributed by atoms with Crippen molar-refractivity contribution in [3.8, 4) is 11.3 Å².